The van der Waals surface area contributed by atoms with E-state index in [0.29, 0.717) is 0 Å². The second-order valence-corrected chi connectivity index (χ2v) is 4.46. The highest BCUT2D eigenvalue weighted by molar-refractivity contribution is 7.79. The second kappa shape index (κ2) is 5.59. The first kappa shape index (κ1) is 13.2. The molecule has 0 amide bonds. The maximum absolute atomic E-state index is 11.1. The molecule has 0 aromatic heterocycles. The van der Waals surface area contributed by atoms with Crippen LogP contribution in [0.15, 0.2) is 53.4 Å². The molecule has 0 radical (unpaired) electrons. The molecule has 2 rings (SSSR count). The Morgan fingerprint density at radius 3 is 2.26 bits per heavy atom. The summed E-state index contributed by atoms with van der Waals surface area (Å²) in [6.45, 7) is 0. The van der Waals surface area contributed by atoms with Crippen LogP contribution in [-0.4, -0.2) is 13.7 Å². The minimum absolute atomic E-state index is 0.0189. The molecule has 1 atom stereocenters. The third kappa shape index (κ3) is 2.95. The van der Waals surface area contributed by atoms with Crippen LogP contribution in [0.4, 0.5) is 5.69 Å². The molecule has 0 aliphatic heterocycles. The first-order valence-corrected chi connectivity index (χ1v) is 6.31. The van der Waals surface area contributed by atoms with Gasteiger partial charge in [-0.2, -0.15) is 0 Å². The van der Waals surface area contributed by atoms with Crippen molar-refractivity contribution in [3.8, 4) is 11.5 Å². The van der Waals surface area contributed by atoms with Crippen molar-refractivity contribution in [2.45, 2.75) is 4.90 Å². The molecule has 2 aromatic rings. The van der Waals surface area contributed by atoms with Gasteiger partial charge >= 0.3 is 5.69 Å². The molecule has 19 heavy (non-hydrogen) atoms. The fourth-order valence-electron chi connectivity index (χ4n) is 1.49. The van der Waals surface area contributed by atoms with Gasteiger partial charge in [-0.05, 0) is 18.2 Å². The van der Waals surface area contributed by atoms with Gasteiger partial charge in [0.05, 0.1) is 4.92 Å². The van der Waals surface area contributed by atoms with Crippen LogP contribution in [0, 0.1) is 10.1 Å². The Hall–Kier alpha value is -2.25. The van der Waals surface area contributed by atoms with Gasteiger partial charge in [0, 0.05) is 6.07 Å². The topological polar surface area (TPSA) is 89.7 Å². The molecule has 2 aromatic carbocycles. The molecule has 0 fully saturated rings. The van der Waals surface area contributed by atoms with E-state index in [4.69, 9.17) is 9.29 Å². The smallest absolute Gasteiger partial charge is 0.311 e. The van der Waals surface area contributed by atoms with Crippen LogP contribution in [-0.2, 0) is 11.1 Å². The summed E-state index contributed by atoms with van der Waals surface area (Å²) in [5.74, 6) is 0.128. The summed E-state index contributed by atoms with van der Waals surface area (Å²) >= 11 is -2.23. The summed E-state index contributed by atoms with van der Waals surface area (Å²) in [5, 5.41) is 10.8. The maximum Gasteiger partial charge on any atom is 0.311 e. The zero-order valence-corrected chi connectivity index (χ0v) is 10.4. The number of ether oxygens (including phenoxy) is 1. The van der Waals surface area contributed by atoms with Gasteiger partial charge in [0.15, 0.2) is 11.1 Å². The van der Waals surface area contributed by atoms with E-state index in [2.05, 4.69) is 0 Å². The van der Waals surface area contributed by atoms with E-state index in [-0.39, 0.29) is 22.1 Å². The van der Waals surface area contributed by atoms with Gasteiger partial charge in [0.1, 0.15) is 10.6 Å². The zero-order valence-electron chi connectivity index (χ0n) is 9.55. The standard InChI is InChI=1S/C12H9NO5S/c14-13(15)9-5-1-2-6-10(9)18-11-7-3-4-8-12(11)19(16)17/h1-8H,(H,16,17). The van der Waals surface area contributed by atoms with Crippen LogP contribution in [0.3, 0.4) is 0 Å². The Kier molecular flexibility index (Phi) is 3.88. The summed E-state index contributed by atoms with van der Waals surface area (Å²) in [7, 11) is 0. The van der Waals surface area contributed by atoms with E-state index in [1.165, 1.54) is 30.3 Å². The third-order valence-electron chi connectivity index (χ3n) is 2.32. The molecule has 0 aliphatic carbocycles. The van der Waals surface area contributed by atoms with Crippen molar-refractivity contribution in [1.82, 2.24) is 0 Å². The molecule has 6 nitrogen and oxygen atoms in total. The summed E-state index contributed by atoms with van der Waals surface area (Å²) in [5.41, 5.74) is -0.207. The minimum Gasteiger partial charge on any atom is -0.449 e. The average Bonchev–Trinajstić information content (AvgIpc) is 2.39. The van der Waals surface area contributed by atoms with Gasteiger partial charge in [-0.25, -0.2) is 4.21 Å². The lowest BCUT2D eigenvalue weighted by Crippen LogP contribution is -1.96. The van der Waals surface area contributed by atoms with Gasteiger partial charge in [0.2, 0.25) is 5.75 Å². The van der Waals surface area contributed by atoms with Crippen molar-refractivity contribution >= 4 is 16.8 Å². The average molecular weight is 279 g/mol. The van der Waals surface area contributed by atoms with Crippen molar-refractivity contribution in [3.05, 3.63) is 58.6 Å². The Balaban J connectivity index is 2.42. The molecule has 0 aliphatic rings. The van der Waals surface area contributed by atoms with Crippen molar-refractivity contribution in [2.75, 3.05) is 0 Å². The van der Waals surface area contributed by atoms with Crippen molar-refractivity contribution in [2.24, 2.45) is 0 Å². The lowest BCUT2D eigenvalue weighted by atomic mass is 10.3. The number of para-hydroxylation sites is 3. The molecule has 1 unspecified atom stereocenters. The monoisotopic (exact) mass is 279 g/mol. The predicted molar refractivity (Wildman–Crippen MR) is 68.6 cm³/mol. The molecule has 0 heterocycles. The maximum atomic E-state index is 11.1. The van der Waals surface area contributed by atoms with Crippen LogP contribution in [0.5, 0.6) is 11.5 Å². The number of benzene rings is 2. The molecule has 0 saturated heterocycles. The molecular formula is C12H9NO5S. The van der Waals surface area contributed by atoms with Crippen molar-refractivity contribution < 1.29 is 18.4 Å². The fraction of sp³-hybridized carbons (Fsp3) is 0. The first-order valence-electron chi connectivity index (χ1n) is 5.21. The minimum atomic E-state index is -2.23. The lowest BCUT2D eigenvalue weighted by Gasteiger charge is -2.08. The van der Waals surface area contributed by atoms with Crippen molar-refractivity contribution in [1.29, 1.82) is 0 Å². The third-order valence-corrected chi connectivity index (χ3v) is 3.03. The van der Waals surface area contributed by atoms with Gasteiger partial charge in [-0.1, -0.05) is 24.3 Å². The van der Waals surface area contributed by atoms with E-state index in [0.717, 1.165) is 0 Å². The molecular weight excluding hydrogens is 270 g/mol. The Morgan fingerprint density at radius 2 is 1.63 bits per heavy atom. The van der Waals surface area contributed by atoms with Crippen LogP contribution in [0.25, 0.3) is 0 Å². The first-order chi connectivity index (χ1) is 9.09. The van der Waals surface area contributed by atoms with E-state index in [1.807, 2.05) is 0 Å². The summed E-state index contributed by atoms with van der Waals surface area (Å²) in [6.07, 6.45) is 0. The Morgan fingerprint density at radius 1 is 1.05 bits per heavy atom. The molecule has 7 heteroatoms. The van der Waals surface area contributed by atoms with Gasteiger partial charge in [-0.3, -0.25) is 10.1 Å². The zero-order chi connectivity index (χ0) is 13.8. The number of nitrogens with zero attached hydrogens (tertiary/aromatic N) is 1. The molecule has 0 bridgehead atoms. The van der Waals surface area contributed by atoms with E-state index < -0.39 is 16.0 Å². The van der Waals surface area contributed by atoms with Crippen LogP contribution < -0.4 is 4.74 Å². The number of rotatable bonds is 4. The summed E-state index contributed by atoms with van der Waals surface area (Å²) < 4.78 is 25.6. The summed E-state index contributed by atoms with van der Waals surface area (Å²) in [6, 6.07) is 11.9. The van der Waals surface area contributed by atoms with Crippen LogP contribution in [0.2, 0.25) is 0 Å². The molecule has 0 saturated carbocycles. The van der Waals surface area contributed by atoms with Gasteiger partial charge in [0.25, 0.3) is 0 Å². The molecule has 1 N–H and O–H groups in total. The SMILES string of the molecule is O=[N+]([O-])c1ccccc1Oc1ccccc1S(=O)O. The molecule has 0 spiro atoms. The van der Waals surface area contributed by atoms with E-state index >= 15 is 0 Å². The molecule has 98 valence electrons. The fourth-order valence-corrected chi connectivity index (χ4v) is 1.97. The lowest BCUT2D eigenvalue weighted by molar-refractivity contribution is -0.385. The number of nitro benzene ring substituents is 1. The van der Waals surface area contributed by atoms with Gasteiger partial charge in [-0.15, -0.1) is 0 Å². The van der Waals surface area contributed by atoms with E-state index in [9.17, 15) is 14.3 Å². The van der Waals surface area contributed by atoms with Gasteiger partial charge < -0.3 is 9.29 Å². The Labute approximate surface area is 111 Å². The quantitative estimate of drug-likeness (QED) is 0.528. The largest absolute Gasteiger partial charge is 0.449 e. The highest BCUT2D eigenvalue weighted by Crippen LogP contribution is 2.33. The highest BCUT2D eigenvalue weighted by Gasteiger charge is 2.17. The second-order valence-electron chi connectivity index (χ2n) is 3.52. The van der Waals surface area contributed by atoms with E-state index in [1.54, 1.807) is 18.2 Å². The number of hydrogen-bond donors (Lipinski definition) is 1. The van der Waals surface area contributed by atoms with Crippen molar-refractivity contribution in [3.63, 3.8) is 0 Å². The highest BCUT2D eigenvalue weighted by atomic mass is 32.2. The normalized spacial score (nSPS) is 11.8. The van der Waals surface area contributed by atoms with Crippen LogP contribution >= 0.6 is 0 Å². The number of hydrogen-bond acceptors (Lipinski definition) is 4. The predicted octanol–water partition coefficient (Wildman–Crippen LogP) is 2.97. The summed E-state index contributed by atoms with van der Waals surface area (Å²) in [4.78, 5) is 10.3. The number of nitro groups is 1. The Bertz CT molecular complexity index is 588. The van der Waals surface area contributed by atoms with Crippen LogP contribution in [0.1, 0.15) is 0 Å².